The first-order chi connectivity index (χ1) is 14.9. The predicted molar refractivity (Wildman–Crippen MR) is 116 cm³/mol. The van der Waals surface area contributed by atoms with Crippen LogP contribution in [0, 0.1) is 13.8 Å². The number of H-pyrrole nitrogens is 1. The lowest BCUT2D eigenvalue weighted by atomic mass is 10.1. The number of amides is 1. The summed E-state index contributed by atoms with van der Waals surface area (Å²) in [6, 6.07) is 7.31. The number of fused-ring (bicyclic) bond motifs is 2. The van der Waals surface area contributed by atoms with Crippen LogP contribution in [0.25, 0.3) is 22.6 Å². The Kier molecular flexibility index (Phi) is 5.33. The fourth-order valence-corrected chi connectivity index (χ4v) is 3.58. The Morgan fingerprint density at radius 3 is 2.71 bits per heavy atom. The van der Waals surface area contributed by atoms with Gasteiger partial charge in [-0.2, -0.15) is 4.98 Å². The molecule has 0 radical (unpaired) electrons. The summed E-state index contributed by atoms with van der Waals surface area (Å²) >= 11 is 0. The summed E-state index contributed by atoms with van der Waals surface area (Å²) in [4.78, 5) is 51.7. The summed E-state index contributed by atoms with van der Waals surface area (Å²) in [5.41, 5.74) is 3.45. The van der Waals surface area contributed by atoms with Crippen molar-refractivity contribution in [1.29, 1.82) is 0 Å². The summed E-state index contributed by atoms with van der Waals surface area (Å²) in [7, 11) is 0. The SMILES string of the molecule is CCc1ncccc1C(=O)NCCn1c2nc(=O)[nH]c(=O)c-2nc2cc(C)c(C)cc21. The molecule has 1 aromatic carbocycles. The first kappa shape index (κ1) is 20.4. The zero-order valence-corrected chi connectivity index (χ0v) is 17.5. The molecule has 1 aromatic heterocycles. The van der Waals surface area contributed by atoms with Gasteiger partial charge in [0.15, 0.2) is 11.5 Å². The monoisotopic (exact) mass is 418 g/mol. The van der Waals surface area contributed by atoms with E-state index in [-0.39, 0.29) is 24.0 Å². The second kappa shape index (κ2) is 8.10. The molecule has 158 valence electrons. The molecule has 0 bridgehead atoms. The molecule has 0 unspecified atom stereocenters. The van der Waals surface area contributed by atoms with E-state index >= 15 is 0 Å². The van der Waals surface area contributed by atoms with Gasteiger partial charge < -0.3 is 9.88 Å². The van der Waals surface area contributed by atoms with E-state index in [1.165, 1.54) is 0 Å². The van der Waals surface area contributed by atoms with Crippen LogP contribution in [-0.2, 0) is 13.0 Å². The number of nitrogens with one attached hydrogen (secondary N) is 2. The standard InChI is InChI=1S/C22H22N6O3/c1-4-15-14(6-5-7-23-15)20(29)24-8-9-28-17-11-13(3)12(2)10-16(17)25-18-19(28)26-22(31)27-21(18)30/h5-7,10-11H,4,8-9H2,1-3H3,(H,24,29)(H,27,30,31). The number of benzene rings is 1. The van der Waals surface area contributed by atoms with Crippen molar-refractivity contribution in [2.24, 2.45) is 0 Å². The smallest absolute Gasteiger partial charge is 0.349 e. The number of hydrogen-bond donors (Lipinski definition) is 2. The minimum atomic E-state index is -0.733. The van der Waals surface area contributed by atoms with Crippen molar-refractivity contribution in [2.75, 3.05) is 6.54 Å². The van der Waals surface area contributed by atoms with Gasteiger partial charge >= 0.3 is 5.69 Å². The molecule has 0 saturated carbocycles. The highest BCUT2D eigenvalue weighted by atomic mass is 16.2. The normalized spacial score (nSPS) is 11.2. The molecule has 3 heterocycles. The van der Waals surface area contributed by atoms with Gasteiger partial charge in [0.2, 0.25) is 0 Å². The third kappa shape index (κ3) is 3.81. The van der Waals surface area contributed by atoms with Gasteiger partial charge in [-0.25, -0.2) is 9.78 Å². The van der Waals surface area contributed by atoms with Crippen LogP contribution in [0.4, 0.5) is 0 Å². The van der Waals surface area contributed by atoms with Crippen molar-refractivity contribution in [3.05, 3.63) is 73.7 Å². The average molecular weight is 418 g/mol. The molecule has 9 heteroatoms. The van der Waals surface area contributed by atoms with E-state index in [0.29, 0.717) is 24.0 Å². The van der Waals surface area contributed by atoms with Crippen molar-refractivity contribution < 1.29 is 4.79 Å². The topological polar surface area (TPSA) is 123 Å². The molecule has 2 aliphatic heterocycles. The van der Waals surface area contributed by atoms with Gasteiger partial charge in [-0.1, -0.05) is 6.92 Å². The number of nitrogens with zero attached hydrogens (tertiary/aromatic N) is 4. The minimum absolute atomic E-state index is 0.0854. The van der Waals surface area contributed by atoms with Crippen molar-refractivity contribution in [1.82, 2.24) is 29.8 Å². The molecule has 31 heavy (non-hydrogen) atoms. The Hall–Kier alpha value is -3.88. The number of carbonyl (C=O) groups is 1. The van der Waals surface area contributed by atoms with E-state index < -0.39 is 11.2 Å². The summed E-state index contributed by atoms with van der Waals surface area (Å²) < 4.78 is 1.75. The van der Waals surface area contributed by atoms with Crippen LogP contribution >= 0.6 is 0 Å². The van der Waals surface area contributed by atoms with Gasteiger partial charge in [-0.15, -0.1) is 0 Å². The quantitative estimate of drug-likeness (QED) is 0.475. The van der Waals surface area contributed by atoms with Gasteiger partial charge in [0.25, 0.3) is 11.5 Å². The number of hydrogen-bond acceptors (Lipinski definition) is 6. The molecule has 0 atom stereocenters. The van der Waals surface area contributed by atoms with Crippen LogP contribution in [0.15, 0.2) is 40.1 Å². The average Bonchev–Trinajstić information content (AvgIpc) is 2.75. The fraction of sp³-hybridized carbons (Fsp3) is 0.273. The molecule has 0 aliphatic carbocycles. The Morgan fingerprint density at radius 2 is 1.94 bits per heavy atom. The number of aromatic nitrogens is 5. The molecule has 0 fully saturated rings. The lowest BCUT2D eigenvalue weighted by molar-refractivity contribution is 0.0951. The maximum Gasteiger partial charge on any atom is 0.349 e. The predicted octanol–water partition coefficient (Wildman–Crippen LogP) is 1.59. The van der Waals surface area contributed by atoms with E-state index in [0.717, 1.165) is 22.3 Å². The van der Waals surface area contributed by atoms with Crippen LogP contribution in [0.1, 0.15) is 34.1 Å². The van der Waals surface area contributed by atoms with Gasteiger partial charge in [0, 0.05) is 19.3 Å². The molecule has 0 saturated heterocycles. The summed E-state index contributed by atoms with van der Waals surface area (Å²) in [5.74, 6) is -0.0371. The first-order valence-electron chi connectivity index (χ1n) is 10.0. The minimum Gasteiger partial charge on any atom is -0.350 e. The van der Waals surface area contributed by atoms with E-state index in [1.807, 2.05) is 32.9 Å². The maximum absolute atomic E-state index is 12.7. The van der Waals surface area contributed by atoms with Crippen LogP contribution < -0.4 is 16.6 Å². The fourth-order valence-electron chi connectivity index (χ4n) is 3.58. The molecule has 2 N–H and O–H groups in total. The Morgan fingerprint density at radius 1 is 1.16 bits per heavy atom. The Balaban J connectivity index is 1.73. The second-order valence-electron chi connectivity index (χ2n) is 7.34. The third-order valence-electron chi connectivity index (χ3n) is 5.32. The van der Waals surface area contributed by atoms with E-state index in [2.05, 4.69) is 25.3 Å². The Bertz CT molecular complexity index is 1390. The lowest BCUT2D eigenvalue weighted by Crippen LogP contribution is -2.32. The van der Waals surface area contributed by atoms with Gasteiger partial charge in [0.1, 0.15) is 0 Å². The molecule has 2 aliphatic rings. The molecule has 9 nitrogen and oxygen atoms in total. The second-order valence-corrected chi connectivity index (χ2v) is 7.34. The Labute approximate surface area is 177 Å². The number of carbonyl (C=O) groups excluding carboxylic acids is 1. The lowest BCUT2D eigenvalue weighted by Gasteiger charge is -2.18. The van der Waals surface area contributed by atoms with Crippen molar-refractivity contribution in [3.8, 4) is 11.5 Å². The first-order valence-corrected chi connectivity index (χ1v) is 10.0. The van der Waals surface area contributed by atoms with Crippen LogP contribution in [0.3, 0.4) is 0 Å². The number of aryl methyl sites for hydroxylation is 3. The highest BCUT2D eigenvalue weighted by Gasteiger charge is 2.19. The van der Waals surface area contributed by atoms with Gasteiger partial charge in [-0.05, 0) is 55.7 Å². The van der Waals surface area contributed by atoms with E-state index in [9.17, 15) is 14.4 Å². The molecule has 0 spiro atoms. The van der Waals surface area contributed by atoms with Crippen LogP contribution in [0.5, 0.6) is 0 Å². The van der Waals surface area contributed by atoms with Crippen LogP contribution in [-0.4, -0.2) is 37.0 Å². The van der Waals surface area contributed by atoms with Crippen molar-refractivity contribution >= 4 is 16.9 Å². The maximum atomic E-state index is 12.7. The van der Waals surface area contributed by atoms with E-state index in [1.54, 1.807) is 22.9 Å². The molecular formula is C22H22N6O3. The highest BCUT2D eigenvalue weighted by molar-refractivity contribution is 5.95. The van der Waals surface area contributed by atoms with Gasteiger partial charge in [0.05, 0.1) is 22.3 Å². The molecule has 4 rings (SSSR count). The molecule has 2 aromatic rings. The zero-order chi connectivity index (χ0) is 22.1. The largest absolute Gasteiger partial charge is 0.350 e. The van der Waals surface area contributed by atoms with Crippen LogP contribution in [0.2, 0.25) is 0 Å². The summed E-state index contributed by atoms with van der Waals surface area (Å²) in [6.45, 7) is 6.46. The number of aromatic amines is 1. The molecule has 1 amide bonds. The third-order valence-corrected chi connectivity index (χ3v) is 5.32. The van der Waals surface area contributed by atoms with E-state index in [4.69, 9.17) is 0 Å². The molecular weight excluding hydrogens is 396 g/mol. The number of rotatable bonds is 5. The van der Waals surface area contributed by atoms with Gasteiger partial charge in [-0.3, -0.25) is 19.6 Å². The summed E-state index contributed by atoms with van der Waals surface area (Å²) in [6.07, 6.45) is 2.31. The van der Waals surface area contributed by atoms with Crippen molar-refractivity contribution in [2.45, 2.75) is 33.7 Å². The highest BCUT2D eigenvalue weighted by Crippen LogP contribution is 2.23. The van der Waals surface area contributed by atoms with Crippen molar-refractivity contribution in [3.63, 3.8) is 0 Å². The number of pyridine rings is 1. The summed E-state index contributed by atoms with van der Waals surface area (Å²) in [5, 5.41) is 2.89. The zero-order valence-electron chi connectivity index (χ0n) is 17.5.